The summed E-state index contributed by atoms with van der Waals surface area (Å²) in [5.41, 5.74) is 8.39. The molecule has 0 saturated carbocycles. The topological polar surface area (TPSA) is 317 Å². The van der Waals surface area contributed by atoms with Gasteiger partial charge in [0.15, 0.2) is 11.6 Å². The molecule has 6 aromatic heterocycles. The lowest BCUT2D eigenvalue weighted by Gasteiger charge is -2.12. The Kier molecular flexibility index (Phi) is 17.0. The van der Waals surface area contributed by atoms with Crippen LogP contribution in [-0.2, 0) is 51.9 Å². The largest absolute Gasteiger partial charge is 0.356 e. The first-order valence-corrected chi connectivity index (χ1v) is 22.6. The second-order valence-corrected chi connectivity index (χ2v) is 17.4. The van der Waals surface area contributed by atoms with E-state index in [0.717, 1.165) is 13.0 Å². The van der Waals surface area contributed by atoms with E-state index >= 15 is 0 Å². The molecule has 0 saturated heterocycles. The average Bonchev–Trinajstić information content (AvgIpc) is 4.18. The van der Waals surface area contributed by atoms with Crippen molar-refractivity contribution in [2.75, 3.05) is 66.9 Å². The van der Waals surface area contributed by atoms with Gasteiger partial charge in [0.1, 0.15) is 22.8 Å². The second-order valence-electron chi connectivity index (χ2n) is 17.4. The van der Waals surface area contributed by atoms with E-state index in [9.17, 15) is 38.4 Å². The number of nitrogens with one attached hydrogen (secondary N) is 8. The maximum Gasteiger partial charge on any atom is 0.292 e. The molecule has 0 aliphatic heterocycles. The molecule has 26 heteroatoms. The fraction of sp³-hybridized carbons (Fsp3) is 0.348. The highest BCUT2D eigenvalue weighted by molar-refractivity contribution is 6.08. The van der Waals surface area contributed by atoms with Crippen molar-refractivity contribution in [3.8, 4) is 0 Å². The Morgan fingerprint density at radius 1 is 0.542 bits per heavy atom. The summed E-state index contributed by atoms with van der Waals surface area (Å²) in [5.74, 6) is -3.36. The second kappa shape index (κ2) is 23.2. The van der Waals surface area contributed by atoms with Crippen molar-refractivity contribution < 1.29 is 38.4 Å². The number of imidazole rings is 2. The zero-order chi connectivity index (χ0) is 52.4. The summed E-state index contributed by atoms with van der Waals surface area (Å²) in [6.45, 7) is 1.47. The number of aromatic nitrogens is 8. The van der Waals surface area contributed by atoms with Crippen LogP contribution in [0.2, 0.25) is 0 Å². The summed E-state index contributed by atoms with van der Waals surface area (Å²) < 4.78 is 9.09. The van der Waals surface area contributed by atoms with Crippen LogP contribution in [-0.4, -0.2) is 136 Å². The summed E-state index contributed by atoms with van der Waals surface area (Å²) in [6, 6.07) is 5.15. The minimum absolute atomic E-state index is 0.00227. The van der Waals surface area contributed by atoms with Crippen LogP contribution >= 0.6 is 0 Å². The van der Waals surface area contributed by atoms with Crippen LogP contribution in [0, 0.1) is 0 Å². The number of hydrogen-bond acceptors (Lipinski definition) is 12. The van der Waals surface area contributed by atoms with Crippen LogP contribution in [0.15, 0.2) is 67.6 Å². The van der Waals surface area contributed by atoms with Gasteiger partial charge < -0.3 is 80.6 Å². The van der Waals surface area contributed by atoms with Crippen LogP contribution < -0.4 is 48.3 Å². The third kappa shape index (κ3) is 13.7. The lowest BCUT2D eigenvalue weighted by atomic mass is 10.2. The molecule has 0 aliphatic rings. The van der Waals surface area contributed by atoms with E-state index in [1.165, 1.54) is 61.1 Å². The Labute approximate surface area is 413 Å². The van der Waals surface area contributed by atoms with Crippen LogP contribution in [0.1, 0.15) is 82.5 Å². The number of aryl methyl sites for hydroxylation is 6. The Balaban J connectivity index is 0.932. The van der Waals surface area contributed by atoms with Crippen molar-refractivity contribution in [2.24, 2.45) is 48.0 Å². The summed E-state index contributed by atoms with van der Waals surface area (Å²) in [5, 5.41) is 21.8. The molecule has 0 aliphatic carbocycles. The molecule has 0 unspecified atom stereocenters. The maximum absolute atomic E-state index is 13.4. The molecule has 1 atom stereocenters. The third-order valence-electron chi connectivity index (χ3n) is 11.1. The van der Waals surface area contributed by atoms with Crippen molar-refractivity contribution in [2.45, 2.75) is 25.3 Å². The molecule has 382 valence electrons. The van der Waals surface area contributed by atoms with Crippen LogP contribution in [0.5, 0.6) is 0 Å². The number of carbonyl (C=O) groups is 8. The van der Waals surface area contributed by atoms with Gasteiger partial charge in [-0.1, -0.05) is 0 Å². The zero-order valence-electron chi connectivity index (χ0n) is 41.2. The lowest BCUT2D eigenvalue weighted by molar-refractivity contribution is -0.121. The Bertz CT molecular complexity index is 3000. The lowest BCUT2D eigenvalue weighted by Crippen LogP contribution is -2.39. The van der Waals surface area contributed by atoms with Gasteiger partial charge in [-0.2, -0.15) is 0 Å². The highest BCUT2D eigenvalue weighted by Gasteiger charge is 2.22. The molecule has 0 bridgehead atoms. The number of carbonyl (C=O) groups excluding carboxylic acids is 8. The molecule has 6 aromatic rings. The Morgan fingerprint density at radius 3 is 1.54 bits per heavy atom. The quantitative estimate of drug-likeness (QED) is 0.0427. The van der Waals surface area contributed by atoms with Gasteiger partial charge in [0, 0.05) is 124 Å². The molecule has 0 fully saturated rings. The van der Waals surface area contributed by atoms with Gasteiger partial charge in [-0.05, 0) is 51.3 Å². The van der Waals surface area contributed by atoms with E-state index in [1.807, 2.05) is 19.0 Å². The first-order chi connectivity index (χ1) is 34.1. The average molecular weight is 993 g/mol. The van der Waals surface area contributed by atoms with Gasteiger partial charge >= 0.3 is 0 Å². The van der Waals surface area contributed by atoms with E-state index in [1.54, 1.807) is 76.2 Å². The Morgan fingerprint density at radius 2 is 1.03 bits per heavy atom. The molecule has 10 N–H and O–H groups in total. The molecule has 0 spiro atoms. The molecule has 0 radical (unpaired) electrons. The summed E-state index contributed by atoms with van der Waals surface area (Å²) in [7, 11) is 13.7. The predicted molar refractivity (Wildman–Crippen MR) is 267 cm³/mol. The van der Waals surface area contributed by atoms with E-state index in [-0.39, 0.29) is 72.1 Å². The number of amides is 8. The zero-order valence-corrected chi connectivity index (χ0v) is 41.2. The van der Waals surface area contributed by atoms with Gasteiger partial charge in [-0.25, -0.2) is 9.97 Å². The van der Waals surface area contributed by atoms with Crippen molar-refractivity contribution in [3.63, 3.8) is 0 Å². The number of hydrogen-bond donors (Lipinski definition) is 9. The number of nitrogens with zero attached hydrogens (tertiary/aromatic N) is 9. The van der Waals surface area contributed by atoms with Crippen molar-refractivity contribution >= 4 is 75.8 Å². The molecule has 8 amide bonds. The van der Waals surface area contributed by atoms with Crippen LogP contribution in [0.3, 0.4) is 0 Å². The number of rotatable bonds is 22. The van der Waals surface area contributed by atoms with Crippen molar-refractivity contribution in [1.82, 2.24) is 58.2 Å². The van der Waals surface area contributed by atoms with Gasteiger partial charge in [0.25, 0.3) is 35.4 Å². The first-order valence-electron chi connectivity index (χ1n) is 22.6. The molecular formula is C46H60N18O8. The van der Waals surface area contributed by atoms with Crippen molar-refractivity contribution in [1.29, 1.82) is 0 Å². The smallest absolute Gasteiger partial charge is 0.292 e. The fourth-order valence-electron chi connectivity index (χ4n) is 7.43. The number of anilines is 5. The Hall–Kier alpha value is -8.78. The molecule has 0 aromatic carbocycles. The molecule has 72 heavy (non-hydrogen) atoms. The van der Waals surface area contributed by atoms with Crippen LogP contribution in [0.25, 0.3) is 0 Å². The molecule has 6 heterocycles. The van der Waals surface area contributed by atoms with Crippen LogP contribution in [0.4, 0.5) is 28.6 Å². The monoisotopic (exact) mass is 992 g/mol. The molecular weight excluding hydrogens is 933 g/mol. The highest BCUT2D eigenvalue weighted by atomic mass is 16.2. The normalized spacial score (nSPS) is 11.5. The van der Waals surface area contributed by atoms with Gasteiger partial charge in [0.2, 0.25) is 17.6 Å². The standard InChI is InChI=1S/C46H60N18O8/c1-58(2)14-9-11-48-37(65)10-12-50-41(67)32-18-29(23-60(32)4)53-44(70)35-20-30(24-63(35)7)54-43(69)34-17-28(22-62(34)6)52-38(66)16-27(47)21-51-42(68)33-19-31(25-61(33)5)55-46(72)40-56-36(26-64(40)8)57-45(71)39-49-13-15-59(39)3/h13,15,17-20,22-27H,9-12,14,16,21,47H2,1-8H3,(H,48,65)(H,50,67)(H,51,68)(H,52,66)(H,53,70)(H,54,69)(H,55,72)(H,57,71)/t27-/m1/s1. The first kappa shape index (κ1) is 52.6. The molecule has 6 rings (SSSR count). The SMILES string of the molecule is CN(C)CCCNC(=O)CCNC(=O)c1cc(NC(=O)c2cc(NC(=O)c3cc(NC(=O)C[C@@H](N)CNC(=O)c4cc(NC(=O)c5nc(NC(=O)c6nccn6C)cn5C)cn4C)cn3C)cn2C)cn1C. The van der Waals surface area contributed by atoms with E-state index < -0.39 is 47.4 Å². The summed E-state index contributed by atoms with van der Waals surface area (Å²) in [4.78, 5) is 114. The van der Waals surface area contributed by atoms with E-state index in [0.29, 0.717) is 29.3 Å². The van der Waals surface area contributed by atoms with Gasteiger partial charge in [-0.15, -0.1) is 0 Å². The predicted octanol–water partition coefficient (Wildman–Crippen LogP) is 0.791. The van der Waals surface area contributed by atoms with Gasteiger partial charge in [0.05, 0.1) is 22.7 Å². The third-order valence-corrected chi connectivity index (χ3v) is 11.1. The summed E-state index contributed by atoms with van der Waals surface area (Å²) in [6.07, 6.45) is 11.6. The summed E-state index contributed by atoms with van der Waals surface area (Å²) >= 11 is 0. The minimum Gasteiger partial charge on any atom is -0.356 e. The maximum atomic E-state index is 13.4. The molecule has 26 nitrogen and oxygen atoms in total. The number of nitrogens with two attached hydrogens (primary N) is 1. The van der Waals surface area contributed by atoms with E-state index in [2.05, 4.69) is 52.5 Å². The minimum atomic E-state index is -0.790. The van der Waals surface area contributed by atoms with Gasteiger partial charge in [-0.3, -0.25) is 38.4 Å². The van der Waals surface area contributed by atoms with E-state index in [4.69, 9.17) is 5.73 Å². The van der Waals surface area contributed by atoms with Crippen molar-refractivity contribution in [3.05, 3.63) is 102 Å². The fourth-order valence-corrected chi connectivity index (χ4v) is 7.43. The highest BCUT2D eigenvalue weighted by Crippen LogP contribution is 2.21.